The quantitative estimate of drug-likeness (QED) is 0.759. The standard InChI is InChI=1S/C13H18O/c1-9-4-5-11(10(2)8-9)12(14)13(3)6-7-13/h4-5,8,12,14H,6-7H2,1-3H3. The largest absolute Gasteiger partial charge is 0.388 e. The molecule has 1 fully saturated rings. The minimum Gasteiger partial charge on any atom is -0.388 e. The second-order valence-corrected chi connectivity index (χ2v) is 4.92. The van der Waals surface area contributed by atoms with E-state index in [0.29, 0.717) is 0 Å². The average molecular weight is 190 g/mol. The van der Waals surface area contributed by atoms with Crippen molar-refractivity contribution in [3.05, 3.63) is 34.9 Å². The van der Waals surface area contributed by atoms with Gasteiger partial charge in [-0.05, 0) is 43.2 Å². The van der Waals surface area contributed by atoms with Crippen molar-refractivity contribution >= 4 is 0 Å². The third kappa shape index (κ3) is 1.57. The van der Waals surface area contributed by atoms with Crippen LogP contribution >= 0.6 is 0 Å². The minimum atomic E-state index is -0.275. The number of aliphatic hydroxyl groups is 1. The van der Waals surface area contributed by atoms with Crippen molar-refractivity contribution in [2.75, 3.05) is 0 Å². The van der Waals surface area contributed by atoms with Gasteiger partial charge in [0.2, 0.25) is 0 Å². The fourth-order valence-electron chi connectivity index (χ4n) is 1.98. The molecule has 0 radical (unpaired) electrons. The first-order chi connectivity index (χ1) is 6.53. The van der Waals surface area contributed by atoms with Gasteiger partial charge in [-0.1, -0.05) is 30.7 Å². The maximum Gasteiger partial charge on any atom is 0.0846 e. The van der Waals surface area contributed by atoms with Crippen LogP contribution in [-0.4, -0.2) is 5.11 Å². The topological polar surface area (TPSA) is 20.2 Å². The van der Waals surface area contributed by atoms with E-state index in [1.54, 1.807) is 0 Å². The van der Waals surface area contributed by atoms with E-state index in [9.17, 15) is 5.11 Å². The summed E-state index contributed by atoms with van der Waals surface area (Å²) in [5.41, 5.74) is 3.74. The predicted octanol–water partition coefficient (Wildman–Crippen LogP) is 3.14. The lowest BCUT2D eigenvalue weighted by Gasteiger charge is -2.20. The maximum absolute atomic E-state index is 10.2. The Morgan fingerprint density at radius 3 is 2.43 bits per heavy atom. The lowest BCUT2D eigenvalue weighted by Crippen LogP contribution is -2.11. The molecule has 0 bridgehead atoms. The van der Waals surface area contributed by atoms with Gasteiger partial charge in [0, 0.05) is 0 Å². The fourth-order valence-corrected chi connectivity index (χ4v) is 1.98. The molecule has 1 nitrogen and oxygen atoms in total. The summed E-state index contributed by atoms with van der Waals surface area (Å²) in [6.07, 6.45) is 2.03. The molecule has 0 saturated heterocycles. The number of aliphatic hydroxyl groups excluding tert-OH is 1. The Hall–Kier alpha value is -0.820. The first-order valence-corrected chi connectivity index (χ1v) is 5.28. The lowest BCUT2D eigenvalue weighted by atomic mass is 9.91. The molecule has 1 heteroatoms. The monoisotopic (exact) mass is 190 g/mol. The van der Waals surface area contributed by atoms with Crippen LogP contribution in [0.4, 0.5) is 0 Å². The van der Waals surface area contributed by atoms with E-state index in [2.05, 4.69) is 39.0 Å². The van der Waals surface area contributed by atoms with Crippen molar-refractivity contribution < 1.29 is 5.11 Å². The third-order valence-corrected chi connectivity index (χ3v) is 3.42. The summed E-state index contributed by atoms with van der Waals surface area (Å²) in [6, 6.07) is 6.29. The Balaban J connectivity index is 2.32. The number of benzene rings is 1. The van der Waals surface area contributed by atoms with Crippen LogP contribution in [-0.2, 0) is 0 Å². The van der Waals surface area contributed by atoms with E-state index < -0.39 is 0 Å². The van der Waals surface area contributed by atoms with Gasteiger partial charge in [0.05, 0.1) is 6.10 Å². The van der Waals surface area contributed by atoms with Gasteiger partial charge in [0.15, 0.2) is 0 Å². The molecule has 1 unspecified atom stereocenters. The molecule has 1 saturated carbocycles. The highest BCUT2D eigenvalue weighted by Crippen LogP contribution is 2.54. The zero-order valence-corrected chi connectivity index (χ0v) is 9.17. The van der Waals surface area contributed by atoms with Gasteiger partial charge in [0.25, 0.3) is 0 Å². The zero-order valence-electron chi connectivity index (χ0n) is 9.17. The Bertz CT molecular complexity index is 350. The van der Waals surface area contributed by atoms with Gasteiger partial charge in [-0.25, -0.2) is 0 Å². The summed E-state index contributed by atoms with van der Waals surface area (Å²) < 4.78 is 0. The molecule has 2 rings (SSSR count). The number of aryl methyl sites for hydroxylation is 2. The number of hydrogen-bond acceptors (Lipinski definition) is 1. The molecule has 1 aromatic rings. The maximum atomic E-state index is 10.2. The molecule has 1 aromatic carbocycles. The van der Waals surface area contributed by atoms with Crippen LogP contribution in [0.1, 0.15) is 42.6 Å². The highest BCUT2D eigenvalue weighted by Gasteiger charge is 2.45. The molecule has 0 aromatic heterocycles. The molecule has 0 aliphatic heterocycles. The number of rotatable bonds is 2. The van der Waals surface area contributed by atoms with Gasteiger partial charge in [-0.2, -0.15) is 0 Å². The van der Waals surface area contributed by atoms with Crippen LogP contribution in [0.5, 0.6) is 0 Å². The van der Waals surface area contributed by atoms with Crippen molar-refractivity contribution in [2.24, 2.45) is 5.41 Å². The van der Waals surface area contributed by atoms with Crippen molar-refractivity contribution in [3.8, 4) is 0 Å². The second-order valence-electron chi connectivity index (χ2n) is 4.92. The molecule has 0 heterocycles. The van der Waals surface area contributed by atoms with Crippen molar-refractivity contribution in [1.82, 2.24) is 0 Å². The first-order valence-electron chi connectivity index (χ1n) is 5.28. The van der Waals surface area contributed by atoms with Gasteiger partial charge >= 0.3 is 0 Å². The Kier molecular flexibility index (Phi) is 2.15. The molecule has 1 aliphatic carbocycles. The number of hydrogen-bond donors (Lipinski definition) is 1. The summed E-state index contributed by atoms with van der Waals surface area (Å²) in [6.45, 7) is 6.33. The zero-order chi connectivity index (χ0) is 10.3. The van der Waals surface area contributed by atoms with E-state index in [1.807, 2.05) is 0 Å². The Labute approximate surface area is 85.8 Å². The highest BCUT2D eigenvalue weighted by atomic mass is 16.3. The molecule has 76 valence electrons. The van der Waals surface area contributed by atoms with Gasteiger partial charge < -0.3 is 5.11 Å². The Morgan fingerprint density at radius 1 is 1.29 bits per heavy atom. The van der Waals surface area contributed by atoms with E-state index in [4.69, 9.17) is 0 Å². The molecule has 1 atom stereocenters. The molecule has 1 N–H and O–H groups in total. The van der Waals surface area contributed by atoms with Gasteiger partial charge in [-0.15, -0.1) is 0 Å². The molecule has 14 heavy (non-hydrogen) atoms. The normalized spacial score (nSPS) is 20.6. The molecular formula is C13H18O. The van der Waals surface area contributed by atoms with Crippen LogP contribution in [0.3, 0.4) is 0 Å². The second kappa shape index (κ2) is 3.09. The summed E-state index contributed by atoms with van der Waals surface area (Å²) in [5, 5.41) is 10.2. The minimum absolute atomic E-state index is 0.153. The van der Waals surface area contributed by atoms with Crippen molar-refractivity contribution in [3.63, 3.8) is 0 Å². The van der Waals surface area contributed by atoms with Crippen LogP contribution in [0.25, 0.3) is 0 Å². The first kappa shape index (κ1) is 9.72. The van der Waals surface area contributed by atoms with Crippen molar-refractivity contribution in [2.45, 2.75) is 39.7 Å². The molecule has 1 aliphatic rings. The van der Waals surface area contributed by atoms with E-state index in [-0.39, 0.29) is 11.5 Å². The van der Waals surface area contributed by atoms with E-state index >= 15 is 0 Å². The van der Waals surface area contributed by atoms with Crippen LogP contribution < -0.4 is 0 Å². The predicted molar refractivity (Wildman–Crippen MR) is 58.2 cm³/mol. The van der Waals surface area contributed by atoms with Crippen LogP contribution in [0, 0.1) is 19.3 Å². The summed E-state index contributed by atoms with van der Waals surface area (Å²) in [7, 11) is 0. The van der Waals surface area contributed by atoms with Crippen LogP contribution in [0.15, 0.2) is 18.2 Å². The lowest BCUT2D eigenvalue weighted by molar-refractivity contribution is 0.103. The van der Waals surface area contributed by atoms with Crippen molar-refractivity contribution in [1.29, 1.82) is 0 Å². The summed E-state index contributed by atoms with van der Waals surface area (Å²) in [5.74, 6) is 0. The SMILES string of the molecule is Cc1ccc(C(O)C2(C)CC2)c(C)c1. The Morgan fingerprint density at radius 2 is 1.93 bits per heavy atom. The van der Waals surface area contributed by atoms with Gasteiger partial charge in [-0.3, -0.25) is 0 Å². The molecule has 0 amide bonds. The third-order valence-electron chi connectivity index (χ3n) is 3.42. The summed E-state index contributed by atoms with van der Waals surface area (Å²) in [4.78, 5) is 0. The van der Waals surface area contributed by atoms with E-state index in [1.165, 1.54) is 11.1 Å². The van der Waals surface area contributed by atoms with Gasteiger partial charge in [0.1, 0.15) is 0 Å². The molecular weight excluding hydrogens is 172 g/mol. The summed E-state index contributed by atoms with van der Waals surface area (Å²) >= 11 is 0. The fraction of sp³-hybridized carbons (Fsp3) is 0.538. The highest BCUT2D eigenvalue weighted by molar-refractivity contribution is 5.33. The smallest absolute Gasteiger partial charge is 0.0846 e. The molecule has 0 spiro atoms. The van der Waals surface area contributed by atoms with Crippen LogP contribution in [0.2, 0.25) is 0 Å². The average Bonchev–Trinajstić information content (AvgIpc) is 2.84. The van der Waals surface area contributed by atoms with E-state index in [0.717, 1.165) is 18.4 Å².